The second-order valence-corrected chi connectivity index (χ2v) is 15.8. The zero-order valence-corrected chi connectivity index (χ0v) is 29.2. The first kappa shape index (κ1) is 34.6. The zero-order valence-electron chi connectivity index (χ0n) is 29.2. The third kappa shape index (κ3) is 4.05. The molecule has 264 valence electrons. The summed E-state index contributed by atoms with van der Waals surface area (Å²) in [6, 6.07) is 1.70. The fraction of sp³-hybridized carbons (Fsp3) is 0.722. The molecule has 2 bridgehead atoms. The molecule has 3 aliphatic heterocycles. The number of fused-ring (bicyclic) bond motifs is 2. The molecule has 4 heterocycles. The van der Waals surface area contributed by atoms with Gasteiger partial charge >= 0.3 is 23.9 Å². The van der Waals surface area contributed by atoms with E-state index in [0.717, 1.165) is 0 Å². The maximum absolute atomic E-state index is 13.6. The van der Waals surface area contributed by atoms with Gasteiger partial charge in [-0.15, -0.1) is 0 Å². The lowest BCUT2D eigenvalue weighted by Gasteiger charge is -2.69. The lowest BCUT2D eigenvalue weighted by molar-refractivity contribution is -0.386. The summed E-state index contributed by atoms with van der Waals surface area (Å²) in [6.07, 6.45) is 1.37. The van der Waals surface area contributed by atoms with Gasteiger partial charge in [0.05, 0.1) is 31.5 Å². The van der Waals surface area contributed by atoms with Crippen molar-refractivity contribution in [2.75, 3.05) is 7.11 Å². The Bertz CT molecular complexity index is 1550. The van der Waals surface area contributed by atoms with E-state index in [2.05, 4.69) is 0 Å². The van der Waals surface area contributed by atoms with Crippen LogP contribution in [0.25, 0.3) is 0 Å². The number of carbonyl (C=O) groups is 4. The van der Waals surface area contributed by atoms with Crippen molar-refractivity contribution < 1.29 is 57.5 Å². The van der Waals surface area contributed by atoms with Crippen molar-refractivity contribution in [3.8, 4) is 0 Å². The quantitative estimate of drug-likeness (QED) is 0.299. The van der Waals surface area contributed by atoms with Crippen LogP contribution < -0.4 is 0 Å². The number of rotatable bonds is 8. The summed E-state index contributed by atoms with van der Waals surface area (Å²) in [5.74, 6) is -7.76. The van der Waals surface area contributed by atoms with E-state index in [4.69, 9.17) is 28.1 Å². The molecule has 5 aliphatic rings. The summed E-state index contributed by atoms with van der Waals surface area (Å²) < 4.78 is 35.8. The minimum atomic E-state index is -2.55. The first-order valence-corrected chi connectivity index (χ1v) is 16.9. The minimum absolute atomic E-state index is 0.196. The van der Waals surface area contributed by atoms with E-state index < -0.39 is 99.1 Å². The number of furan rings is 1. The standard InChI is InChI=1S/C36H48O12/c1-10-19(4)28(40)47-29-31(5,6)22(15-24(37)43-9)33(8)21-11-13-32(7)23(16-25(38)45-26(32)20-12-14-44-17-20)34(21)30(46-27(39)18(2)3)35(29,41)36(33,42)48-34/h12,14,16-19,21-22,26,29-30,41-42H,10-11,13,15H2,1-9H3/t19?,21-,22+,26+,29+,30+,32-,33-,34-,35+,36?/m1/s1. The van der Waals surface area contributed by atoms with E-state index in [0.29, 0.717) is 30.4 Å². The first-order chi connectivity index (χ1) is 22.3. The predicted octanol–water partition coefficient (Wildman–Crippen LogP) is 4.17. The summed E-state index contributed by atoms with van der Waals surface area (Å²) >= 11 is 0. The molecule has 12 nitrogen and oxygen atoms in total. The Balaban J connectivity index is 1.66. The van der Waals surface area contributed by atoms with E-state index in [1.165, 1.54) is 25.7 Å². The van der Waals surface area contributed by atoms with Gasteiger partial charge in [0.15, 0.2) is 11.7 Å². The Labute approximate surface area is 280 Å². The maximum atomic E-state index is 13.6. The fourth-order valence-electron chi connectivity index (χ4n) is 10.2. The third-order valence-electron chi connectivity index (χ3n) is 12.8. The van der Waals surface area contributed by atoms with Crippen molar-refractivity contribution in [1.82, 2.24) is 0 Å². The van der Waals surface area contributed by atoms with Gasteiger partial charge in [-0.1, -0.05) is 55.4 Å². The second-order valence-electron chi connectivity index (χ2n) is 15.8. The van der Waals surface area contributed by atoms with Crippen molar-refractivity contribution in [1.29, 1.82) is 0 Å². The van der Waals surface area contributed by atoms with E-state index in [1.54, 1.807) is 47.6 Å². The molecule has 2 unspecified atom stereocenters. The summed E-state index contributed by atoms with van der Waals surface area (Å²) in [7, 11) is 1.27. The number of esters is 4. The highest BCUT2D eigenvalue weighted by atomic mass is 16.7. The number of ether oxygens (including phenoxy) is 5. The van der Waals surface area contributed by atoms with Crippen LogP contribution in [0.5, 0.6) is 0 Å². The molecule has 0 radical (unpaired) electrons. The number of hydrogen-bond acceptors (Lipinski definition) is 12. The van der Waals surface area contributed by atoms with E-state index in [-0.39, 0.29) is 6.42 Å². The predicted molar refractivity (Wildman–Crippen MR) is 166 cm³/mol. The number of hydrogen-bond donors (Lipinski definition) is 2. The van der Waals surface area contributed by atoms with Gasteiger partial charge in [-0.05, 0) is 36.8 Å². The molecule has 11 atom stereocenters. The van der Waals surface area contributed by atoms with Crippen molar-refractivity contribution in [3.63, 3.8) is 0 Å². The lowest BCUT2D eigenvalue weighted by Crippen LogP contribution is -2.84. The molecule has 2 saturated heterocycles. The van der Waals surface area contributed by atoms with Gasteiger partial charge in [-0.25, -0.2) is 4.79 Å². The molecule has 48 heavy (non-hydrogen) atoms. The topological polar surface area (TPSA) is 168 Å². The van der Waals surface area contributed by atoms with Crippen LogP contribution in [0, 0.1) is 39.9 Å². The smallest absolute Gasteiger partial charge is 0.331 e. The first-order valence-electron chi connectivity index (χ1n) is 16.9. The Kier molecular flexibility index (Phi) is 7.86. The molecule has 2 aliphatic carbocycles. The number of aliphatic hydroxyl groups is 2. The molecule has 2 saturated carbocycles. The molecule has 4 fully saturated rings. The second kappa shape index (κ2) is 10.9. The largest absolute Gasteiger partial charge is 0.472 e. The highest BCUT2D eigenvalue weighted by molar-refractivity contribution is 5.86. The Morgan fingerprint density at radius 1 is 1.04 bits per heavy atom. The Hall–Kier alpha value is -3.22. The molecule has 6 rings (SSSR count). The Morgan fingerprint density at radius 2 is 1.71 bits per heavy atom. The highest BCUT2D eigenvalue weighted by Gasteiger charge is 2.96. The van der Waals surface area contributed by atoms with Crippen LogP contribution in [0.3, 0.4) is 0 Å². The van der Waals surface area contributed by atoms with Gasteiger partial charge in [0.1, 0.15) is 17.8 Å². The molecule has 1 aromatic rings. The van der Waals surface area contributed by atoms with Crippen molar-refractivity contribution in [2.45, 2.75) is 116 Å². The van der Waals surface area contributed by atoms with E-state index in [9.17, 15) is 29.4 Å². The van der Waals surface area contributed by atoms with Crippen molar-refractivity contribution in [2.24, 2.45) is 39.9 Å². The number of methoxy groups -OCH3 is 1. The van der Waals surface area contributed by atoms with Gasteiger partial charge in [0.2, 0.25) is 5.79 Å². The molecule has 2 N–H and O–H groups in total. The fourth-order valence-corrected chi connectivity index (χ4v) is 10.2. The SMILES string of the molecule is CCC(C)C(=O)O[C@H]1C(C)(C)[C@H](CC(=O)OC)[C@@]2(C)[C@H]3CC[C@]4(C)C(=CC(=O)O[C@H]4c4ccoc4)[C@]34OC2(O)[C@@]1(O)[C@H]4OC(=O)C(C)C. The van der Waals surface area contributed by atoms with E-state index >= 15 is 0 Å². The Morgan fingerprint density at radius 3 is 2.29 bits per heavy atom. The van der Waals surface area contributed by atoms with Crippen LogP contribution >= 0.6 is 0 Å². The van der Waals surface area contributed by atoms with Crippen LogP contribution in [0.4, 0.5) is 0 Å². The average Bonchev–Trinajstić information content (AvgIpc) is 3.68. The number of cyclic esters (lactones) is 1. The number of carbonyl (C=O) groups excluding carboxylic acids is 4. The summed E-state index contributed by atoms with van der Waals surface area (Å²) in [4.78, 5) is 53.8. The normalized spacial score (nSPS) is 42.6. The van der Waals surface area contributed by atoms with Gasteiger partial charge in [0.25, 0.3) is 0 Å². The molecule has 12 heteroatoms. The van der Waals surface area contributed by atoms with Gasteiger partial charge in [-0.2, -0.15) is 0 Å². The summed E-state index contributed by atoms with van der Waals surface area (Å²) in [6.45, 7) is 14.0. The van der Waals surface area contributed by atoms with Crippen LogP contribution in [0.1, 0.15) is 92.7 Å². The van der Waals surface area contributed by atoms with Crippen LogP contribution in [-0.2, 0) is 42.9 Å². The highest BCUT2D eigenvalue weighted by Crippen LogP contribution is 2.82. The minimum Gasteiger partial charge on any atom is -0.472 e. The lowest BCUT2D eigenvalue weighted by atomic mass is 9.36. The third-order valence-corrected chi connectivity index (χ3v) is 12.8. The van der Waals surface area contributed by atoms with Crippen LogP contribution in [0.15, 0.2) is 34.7 Å². The molecule has 1 spiro atoms. The zero-order chi connectivity index (χ0) is 35.4. The van der Waals surface area contributed by atoms with Gasteiger partial charge in [0, 0.05) is 40.2 Å². The maximum Gasteiger partial charge on any atom is 0.331 e. The van der Waals surface area contributed by atoms with Crippen LogP contribution in [0.2, 0.25) is 0 Å². The molecular weight excluding hydrogens is 624 g/mol. The van der Waals surface area contributed by atoms with Gasteiger partial charge in [-0.3, -0.25) is 14.4 Å². The molecule has 1 aromatic heterocycles. The molecule has 0 amide bonds. The van der Waals surface area contributed by atoms with E-state index in [1.807, 2.05) is 13.8 Å². The average molecular weight is 673 g/mol. The monoisotopic (exact) mass is 672 g/mol. The van der Waals surface area contributed by atoms with Crippen molar-refractivity contribution in [3.05, 3.63) is 35.8 Å². The summed E-state index contributed by atoms with van der Waals surface area (Å²) in [5, 5.41) is 26.5. The van der Waals surface area contributed by atoms with Crippen LogP contribution in [-0.4, -0.2) is 70.4 Å². The molecule has 0 aromatic carbocycles. The van der Waals surface area contributed by atoms with Gasteiger partial charge < -0.3 is 38.3 Å². The molecular formula is C36H48O12. The van der Waals surface area contributed by atoms with Crippen molar-refractivity contribution >= 4 is 23.9 Å². The summed E-state index contributed by atoms with van der Waals surface area (Å²) in [5.41, 5.74) is -6.93.